The molecule has 31 heavy (non-hydrogen) atoms. The van der Waals surface area contributed by atoms with Gasteiger partial charge in [0.1, 0.15) is 12.4 Å². The number of ether oxygens (including phenoxy) is 1. The van der Waals surface area contributed by atoms with Gasteiger partial charge in [0, 0.05) is 37.0 Å². The maximum atomic E-state index is 13.3. The van der Waals surface area contributed by atoms with E-state index in [1.807, 2.05) is 43.4 Å². The Morgan fingerprint density at radius 3 is 2.87 bits per heavy atom. The summed E-state index contributed by atoms with van der Waals surface area (Å²) in [7, 11) is 1.85. The summed E-state index contributed by atoms with van der Waals surface area (Å²) in [5, 5.41) is 8.37. The van der Waals surface area contributed by atoms with E-state index < -0.39 is 0 Å². The molecule has 2 heterocycles. The Kier molecular flexibility index (Phi) is 5.10. The van der Waals surface area contributed by atoms with Crippen LogP contribution in [0, 0.1) is 0 Å². The summed E-state index contributed by atoms with van der Waals surface area (Å²) < 4.78 is 7.65. The zero-order valence-corrected chi connectivity index (χ0v) is 17.6. The van der Waals surface area contributed by atoms with Gasteiger partial charge in [-0.05, 0) is 37.0 Å². The molecule has 1 N–H and O–H groups in total. The van der Waals surface area contributed by atoms with Gasteiger partial charge in [-0.25, -0.2) is 0 Å². The number of rotatable bonds is 5. The van der Waals surface area contributed by atoms with Crippen LogP contribution in [0.3, 0.4) is 0 Å². The molecule has 0 bridgehead atoms. The molecule has 0 unspecified atom stereocenters. The monoisotopic (exact) mass is 418 g/mol. The average molecular weight is 418 g/mol. The van der Waals surface area contributed by atoms with Gasteiger partial charge in [-0.1, -0.05) is 30.3 Å². The highest BCUT2D eigenvalue weighted by Gasteiger charge is 2.26. The number of carbonyl (C=O) groups is 2. The number of amides is 2. The van der Waals surface area contributed by atoms with Crippen LogP contribution < -0.4 is 10.1 Å². The van der Waals surface area contributed by atoms with Crippen molar-refractivity contribution in [3.8, 4) is 5.75 Å². The first-order valence-corrected chi connectivity index (χ1v) is 10.8. The third kappa shape index (κ3) is 4.13. The molecule has 7 heteroatoms. The van der Waals surface area contributed by atoms with Gasteiger partial charge in [-0.15, -0.1) is 0 Å². The number of hydrogen-bond acceptors (Lipinski definition) is 4. The number of para-hydroxylation sites is 1. The molecule has 5 rings (SSSR count). The zero-order valence-electron chi connectivity index (χ0n) is 17.6. The Morgan fingerprint density at radius 2 is 2.03 bits per heavy atom. The van der Waals surface area contributed by atoms with E-state index in [0.29, 0.717) is 44.3 Å². The second kappa shape index (κ2) is 8.06. The average Bonchev–Trinajstić information content (AvgIpc) is 3.56. The Hall–Kier alpha value is -3.35. The van der Waals surface area contributed by atoms with Crippen LogP contribution in [-0.4, -0.2) is 45.7 Å². The predicted octanol–water partition coefficient (Wildman–Crippen LogP) is 2.82. The highest BCUT2D eigenvalue weighted by Crippen LogP contribution is 2.27. The predicted molar refractivity (Wildman–Crippen MR) is 117 cm³/mol. The molecule has 0 atom stereocenters. The summed E-state index contributed by atoms with van der Waals surface area (Å²) >= 11 is 0. The lowest BCUT2D eigenvalue weighted by atomic mass is 10.0. The van der Waals surface area contributed by atoms with E-state index in [9.17, 15) is 9.59 Å². The highest BCUT2D eigenvalue weighted by atomic mass is 16.5. The Bertz CT molecular complexity index is 1150. The fourth-order valence-corrected chi connectivity index (χ4v) is 4.08. The first kappa shape index (κ1) is 19.6. The van der Waals surface area contributed by atoms with E-state index in [0.717, 1.165) is 40.6 Å². The first-order valence-electron chi connectivity index (χ1n) is 10.8. The lowest BCUT2D eigenvalue weighted by molar-refractivity contribution is -0.121. The molecule has 2 aliphatic rings. The molecule has 160 valence electrons. The van der Waals surface area contributed by atoms with E-state index in [-0.39, 0.29) is 11.8 Å². The number of fused-ring (bicyclic) bond motifs is 2. The second-order valence-electron chi connectivity index (χ2n) is 8.35. The molecule has 1 saturated carbocycles. The molecule has 1 fully saturated rings. The summed E-state index contributed by atoms with van der Waals surface area (Å²) in [4.78, 5) is 27.2. The normalized spacial score (nSPS) is 15.8. The number of hydrogen-bond donors (Lipinski definition) is 1. The topological polar surface area (TPSA) is 76.5 Å². The minimum absolute atomic E-state index is 0.0949. The molecular formula is C24H26N4O3. The molecule has 2 aromatic carbocycles. The van der Waals surface area contributed by atoms with E-state index >= 15 is 0 Å². The van der Waals surface area contributed by atoms with Crippen molar-refractivity contribution in [2.24, 2.45) is 7.05 Å². The fraction of sp³-hybridized carbons (Fsp3) is 0.375. The van der Waals surface area contributed by atoms with Crippen molar-refractivity contribution in [1.29, 1.82) is 0 Å². The summed E-state index contributed by atoms with van der Waals surface area (Å²) in [5.74, 6) is 0.808. The Balaban J connectivity index is 1.33. The van der Waals surface area contributed by atoms with Crippen LogP contribution in [0.1, 0.15) is 40.9 Å². The van der Waals surface area contributed by atoms with Crippen molar-refractivity contribution in [3.05, 3.63) is 59.3 Å². The number of carbonyl (C=O) groups excluding carboxylic acids is 2. The minimum atomic E-state index is -0.0949. The Morgan fingerprint density at radius 1 is 1.19 bits per heavy atom. The van der Waals surface area contributed by atoms with Gasteiger partial charge in [0.2, 0.25) is 5.91 Å². The van der Waals surface area contributed by atoms with E-state index in [1.165, 1.54) is 0 Å². The van der Waals surface area contributed by atoms with Gasteiger partial charge >= 0.3 is 0 Å². The Labute approximate surface area is 181 Å². The van der Waals surface area contributed by atoms with E-state index in [1.54, 1.807) is 9.58 Å². The van der Waals surface area contributed by atoms with Gasteiger partial charge in [-0.3, -0.25) is 14.3 Å². The van der Waals surface area contributed by atoms with Crippen LogP contribution in [-0.2, 0) is 24.8 Å². The van der Waals surface area contributed by atoms with E-state index in [4.69, 9.17) is 4.74 Å². The maximum absolute atomic E-state index is 13.3. The van der Waals surface area contributed by atoms with Crippen molar-refractivity contribution in [3.63, 3.8) is 0 Å². The van der Waals surface area contributed by atoms with Crippen molar-refractivity contribution < 1.29 is 14.3 Å². The zero-order chi connectivity index (χ0) is 21.4. The van der Waals surface area contributed by atoms with Crippen LogP contribution in [0.4, 0.5) is 0 Å². The van der Waals surface area contributed by atoms with Crippen molar-refractivity contribution >= 4 is 22.7 Å². The molecule has 1 aliphatic heterocycles. The van der Waals surface area contributed by atoms with Crippen LogP contribution >= 0.6 is 0 Å². The van der Waals surface area contributed by atoms with Gasteiger partial charge in [0.05, 0.1) is 12.1 Å². The molecular weight excluding hydrogens is 392 g/mol. The molecule has 0 radical (unpaired) electrons. The SMILES string of the molecule is Cn1nc(C(=O)N2CCOc3ccc(CCC(=O)NC4CC4)cc3C2)c2ccccc21. The second-order valence-corrected chi connectivity index (χ2v) is 8.35. The summed E-state index contributed by atoms with van der Waals surface area (Å²) in [6.45, 7) is 1.39. The number of benzene rings is 2. The molecule has 3 aromatic rings. The van der Waals surface area contributed by atoms with Crippen LogP contribution in [0.5, 0.6) is 5.75 Å². The van der Waals surface area contributed by atoms with Gasteiger partial charge in [0.25, 0.3) is 5.91 Å². The lowest BCUT2D eigenvalue weighted by Crippen LogP contribution is -2.33. The van der Waals surface area contributed by atoms with Gasteiger partial charge in [-0.2, -0.15) is 5.10 Å². The van der Waals surface area contributed by atoms with Gasteiger partial charge in [0.15, 0.2) is 5.69 Å². The van der Waals surface area contributed by atoms with Crippen molar-refractivity contribution in [2.45, 2.75) is 38.3 Å². The van der Waals surface area contributed by atoms with Crippen LogP contribution in [0.15, 0.2) is 42.5 Å². The summed E-state index contributed by atoms with van der Waals surface area (Å²) in [5.41, 5.74) is 3.44. The maximum Gasteiger partial charge on any atom is 0.275 e. The highest BCUT2D eigenvalue weighted by molar-refractivity contribution is 6.04. The molecule has 1 aliphatic carbocycles. The number of nitrogens with one attached hydrogen (secondary N) is 1. The standard InChI is InChI=1S/C24H26N4O3/c1-27-20-5-3-2-4-19(20)23(26-27)24(30)28-12-13-31-21-10-6-16(14-17(21)15-28)7-11-22(29)25-18-8-9-18/h2-6,10,14,18H,7-9,11-13,15H2,1H3,(H,25,29). The number of aromatic nitrogens is 2. The van der Waals surface area contributed by atoms with Crippen molar-refractivity contribution in [2.75, 3.05) is 13.2 Å². The molecule has 1 aromatic heterocycles. The largest absolute Gasteiger partial charge is 0.491 e. The third-order valence-electron chi connectivity index (χ3n) is 5.94. The molecule has 0 spiro atoms. The smallest absolute Gasteiger partial charge is 0.275 e. The van der Waals surface area contributed by atoms with Gasteiger partial charge < -0.3 is 15.0 Å². The van der Waals surface area contributed by atoms with E-state index in [2.05, 4.69) is 16.5 Å². The summed E-state index contributed by atoms with van der Waals surface area (Å²) in [6.07, 6.45) is 3.33. The quantitative estimate of drug-likeness (QED) is 0.691. The minimum Gasteiger partial charge on any atom is -0.491 e. The first-order chi connectivity index (χ1) is 15.1. The number of nitrogens with zero attached hydrogens (tertiary/aromatic N) is 3. The fourth-order valence-electron chi connectivity index (χ4n) is 4.08. The number of aryl methyl sites for hydroxylation is 2. The third-order valence-corrected chi connectivity index (χ3v) is 5.94. The lowest BCUT2D eigenvalue weighted by Gasteiger charge is -2.19. The van der Waals surface area contributed by atoms with Crippen LogP contribution in [0.25, 0.3) is 10.9 Å². The molecule has 7 nitrogen and oxygen atoms in total. The summed E-state index contributed by atoms with van der Waals surface area (Å²) in [6, 6.07) is 14.2. The molecule has 0 saturated heterocycles. The van der Waals surface area contributed by atoms with Crippen molar-refractivity contribution in [1.82, 2.24) is 20.0 Å². The van der Waals surface area contributed by atoms with Crippen LogP contribution in [0.2, 0.25) is 0 Å². The molecule has 2 amide bonds.